The number of nitrogens with one attached hydrogen (secondary N) is 4. The third kappa shape index (κ3) is 6.42. The van der Waals surface area contributed by atoms with Crippen molar-refractivity contribution >= 4 is 34.3 Å². The van der Waals surface area contributed by atoms with Gasteiger partial charge in [-0.15, -0.1) is 11.3 Å². The minimum absolute atomic E-state index is 0.00828. The molecule has 1 atom stereocenters. The average molecular weight is 483 g/mol. The van der Waals surface area contributed by atoms with Crippen molar-refractivity contribution in [1.29, 1.82) is 0 Å². The van der Waals surface area contributed by atoms with E-state index in [1.165, 1.54) is 29.9 Å². The van der Waals surface area contributed by atoms with Gasteiger partial charge in [-0.3, -0.25) is 15.6 Å². The number of aromatic nitrogens is 2. The largest absolute Gasteiger partial charge is 0.497 e. The quantitative estimate of drug-likeness (QED) is 0.417. The number of benzene rings is 1. The number of thiophene rings is 1. The van der Waals surface area contributed by atoms with Crippen LogP contribution in [0.3, 0.4) is 0 Å². The summed E-state index contributed by atoms with van der Waals surface area (Å²) in [6.07, 6.45) is 6.86. The van der Waals surface area contributed by atoms with Gasteiger partial charge >= 0.3 is 12.1 Å². The van der Waals surface area contributed by atoms with E-state index in [2.05, 4.69) is 31.2 Å². The van der Waals surface area contributed by atoms with E-state index in [4.69, 9.17) is 9.47 Å². The Morgan fingerprint density at radius 3 is 2.76 bits per heavy atom. The van der Waals surface area contributed by atoms with Crippen LogP contribution in [0.25, 0.3) is 10.4 Å². The lowest BCUT2D eigenvalue weighted by atomic mass is 10.1. The molecule has 0 saturated carbocycles. The summed E-state index contributed by atoms with van der Waals surface area (Å²) >= 11 is 1.29. The van der Waals surface area contributed by atoms with Crippen LogP contribution in [0.1, 0.15) is 19.3 Å². The molecule has 1 saturated heterocycles. The van der Waals surface area contributed by atoms with Gasteiger partial charge in [0.15, 0.2) is 11.6 Å². The van der Waals surface area contributed by atoms with Crippen LogP contribution in [-0.2, 0) is 0 Å². The van der Waals surface area contributed by atoms with Crippen LogP contribution in [0.2, 0.25) is 0 Å². The van der Waals surface area contributed by atoms with Gasteiger partial charge < -0.3 is 20.1 Å². The molecule has 0 bridgehead atoms. The topological polar surface area (TPSA) is 126 Å². The Kier molecular flexibility index (Phi) is 7.89. The van der Waals surface area contributed by atoms with Crippen LogP contribution in [0.15, 0.2) is 48.9 Å². The SMILES string of the molecule is COc1ccc(-c2cc(OC(=O)N[C@H]3CCCCNC3)c(NC(=O)Nc3cnccn3)s2)cc1. The van der Waals surface area contributed by atoms with E-state index < -0.39 is 12.1 Å². The summed E-state index contributed by atoms with van der Waals surface area (Å²) in [4.78, 5) is 33.9. The Morgan fingerprint density at radius 2 is 2.00 bits per heavy atom. The zero-order valence-electron chi connectivity index (χ0n) is 18.7. The maximum atomic E-state index is 12.6. The number of carbonyl (C=O) groups is 2. The van der Waals surface area contributed by atoms with E-state index >= 15 is 0 Å². The van der Waals surface area contributed by atoms with E-state index in [0.29, 0.717) is 17.4 Å². The molecular formula is C23H26N6O4S. The van der Waals surface area contributed by atoms with Gasteiger partial charge in [-0.05, 0) is 49.2 Å². The van der Waals surface area contributed by atoms with Gasteiger partial charge in [-0.2, -0.15) is 0 Å². The molecule has 3 heterocycles. The monoisotopic (exact) mass is 482 g/mol. The van der Waals surface area contributed by atoms with Crippen molar-refractivity contribution in [3.8, 4) is 21.9 Å². The molecule has 1 aliphatic rings. The minimum atomic E-state index is -0.565. The van der Waals surface area contributed by atoms with Crippen LogP contribution in [0.4, 0.5) is 20.4 Å². The van der Waals surface area contributed by atoms with Crippen molar-refractivity contribution in [1.82, 2.24) is 20.6 Å². The Morgan fingerprint density at radius 1 is 1.15 bits per heavy atom. The molecular weight excluding hydrogens is 456 g/mol. The molecule has 3 amide bonds. The molecule has 1 fully saturated rings. The van der Waals surface area contributed by atoms with E-state index in [0.717, 1.165) is 42.0 Å². The van der Waals surface area contributed by atoms with Crippen molar-refractivity contribution in [2.24, 2.45) is 0 Å². The number of urea groups is 1. The zero-order valence-corrected chi connectivity index (χ0v) is 19.5. The normalized spacial score (nSPS) is 15.6. The molecule has 178 valence electrons. The van der Waals surface area contributed by atoms with E-state index in [1.54, 1.807) is 13.2 Å². The first-order valence-electron chi connectivity index (χ1n) is 10.9. The summed E-state index contributed by atoms with van der Waals surface area (Å²) in [6.45, 7) is 1.64. The second-order valence-electron chi connectivity index (χ2n) is 7.63. The summed E-state index contributed by atoms with van der Waals surface area (Å²) in [5.74, 6) is 1.28. The molecule has 10 nitrogen and oxygen atoms in total. The first kappa shape index (κ1) is 23.5. The van der Waals surface area contributed by atoms with Crippen LogP contribution in [0.5, 0.6) is 11.5 Å². The summed E-state index contributed by atoms with van der Waals surface area (Å²) in [6, 6.07) is 8.68. The molecule has 0 unspecified atom stereocenters. The fraction of sp³-hybridized carbons (Fsp3) is 0.304. The van der Waals surface area contributed by atoms with E-state index in [1.807, 2.05) is 24.3 Å². The number of nitrogens with zero attached hydrogens (tertiary/aromatic N) is 2. The van der Waals surface area contributed by atoms with Crippen molar-refractivity contribution in [2.45, 2.75) is 25.3 Å². The summed E-state index contributed by atoms with van der Waals surface area (Å²) in [5.41, 5.74) is 0.895. The Labute approximate surface area is 201 Å². The van der Waals surface area contributed by atoms with Gasteiger partial charge in [0.05, 0.1) is 13.3 Å². The number of hydrogen-bond donors (Lipinski definition) is 4. The van der Waals surface area contributed by atoms with Gasteiger partial charge in [0.25, 0.3) is 0 Å². The average Bonchev–Trinajstić information content (AvgIpc) is 3.04. The molecule has 4 rings (SSSR count). The first-order chi connectivity index (χ1) is 16.6. The highest BCUT2D eigenvalue weighted by Crippen LogP contribution is 2.41. The van der Waals surface area contributed by atoms with Crippen molar-refractivity contribution in [3.05, 3.63) is 48.9 Å². The number of hydrogen-bond acceptors (Lipinski definition) is 8. The molecule has 0 spiro atoms. The van der Waals surface area contributed by atoms with Crippen molar-refractivity contribution in [3.63, 3.8) is 0 Å². The number of carbonyl (C=O) groups excluding carboxylic acids is 2. The third-order valence-electron chi connectivity index (χ3n) is 5.18. The lowest BCUT2D eigenvalue weighted by Gasteiger charge is -2.16. The lowest BCUT2D eigenvalue weighted by Crippen LogP contribution is -2.42. The molecule has 34 heavy (non-hydrogen) atoms. The molecule has 3 aromatic rings. The molecule has 0 aliphatic carbocycles. The van der Waals surface area contributed by atoms with E-state index in [-0.39, 0.29) is 11.8 Å². The van der Waals surface area contributed by atoms with Crippen LogP contribution in [0, 0.1) is 0 Å². The highest BCUT2D eigenvalue weighted by Gasteiger charge is 2.20. The number of anilines is 2. The molecule has 1 aromatic carbocycles. The summed E-state index contributed by atoms with van der Waals surface area (Å²) < 4.78 is 10.8. The third-order valence-corrected chi connectivity index (χ3v) is 6.26. The molecule has 0 radical (unpaired) electrons. The predicted molar refractivity (Wildman–Crippen MR) is 131 cm³/mol. The Hall–Kier alpha value is -3.70. The number of amides is 3. The summed E-state index contributed by atoms with van der Waals surface area (Å²) in [7, 11) is 1.60. The number of ether oxygens (including phenoxy) is 2. The summed E-state index contributed by atoms with van der Waals surface area (Å²) in [5, 5.41) is 12.0. The molecule has 1 aliphatic heterocycles. The molecule has 11 heteroatoms. The van der Waals surface area contributed by atoms with Gasteiger partial charge in [0.1, 0.15) is 10.8 Å². The Bertz CT molecular complexity index is 1100. The standard InChI is InChI=1S/C23H26N6O4S/c1-32-17-7-5-15(6-8-17)19-12-18(33-23(31)27-16-4-2-3-9-24-13-16)21(34-19)29-22(30)28-20-14-25-10-11-26-20/h5-8,10-12,14,16,24H,2-4,9,13H2,1H3,(H,27,31)(H2,26,28,29,30)/t16-/m0/s1. The highest BCUT2D eigenvalue weighted by molar-refractivity contribution is 7.20. The smallest absolute Gasteiger partial charge is 0.412 e. The lowest BCUT2D eigenvalue weighted by molar-refractivity contribution is 0.195. The molecule has 2 aromatic heterocycles. The van der Waals surface area contributed by atoms with Gasteiger partial charge in [-0.1, -0.05) is 6.42 Å². The zero-order chi connectivity index (χ0) is 23.8. The van der Waals surface area contributed by atoms with Crippen LogP contribution < -0.4 is 30.7 Å². The van der Waals surface area contributed by atoms with Crippen LogP contribution in [-0.4, -0.2) is 48.3 Å². The fourth-order valence-electron chi connectivity index (χ4n) is 3.49. The van der Waals surface area contributed by atoms with Gasteiger partial charge in [0.2, 0.25) is 0 Å². The number of rotatable bonds is 6. The highest BCUT2D eigenvalue weighted by atomic mass is 32.1. The second-order valence-corrected chi connectivity index (χ2v) is 8.69. The maximum absolute atomic E-state index is 12.6. The number of methoxy groups -OCH3 is 1. The first-order valence-corrected chi connectivity index (χ1v) is 11.7. The predicted octanol–water partition coefficient (Wildman–Crippen LogP) is 4.09. The minimum Gasteiger partial charge on any atom is -0.497 e. The van der Waals surface area contributed by atoms with E-state index in [9.17, 15) is 9.59 Å². The second kappa shape index (κ2) is 11.4. The van der Waals surface area contributed by atoms with Crippen molar-refractivity contribution in [2.75, 3.05) is 30.8 Å². The maximum Gasteiger partial charge on any atom is 0.412 e. The van der Waals surface area contributed by atoms with Crippen molar-refractivity contribution < 1.29 is 19.1 Å². The Balaban J connectivity index is 1.51. The fourth-order valence-corrected chi connectivity index (χ4v) is 4.47. The van der Waals surface area contributed by atoms with Crippen LogP contribution >= 0.6 is 11.3 Å². The van der Waals surface area contributed by atoms with Gasteiger partial charge in [-0.25, -0.2) is 14.6 Å². The van der Waals surface area contributed by atoms with Gasteiger partial charge in [0, 0.05) is 35.9 Å². The molecule has 4 N–H and O–H groups in total.